The lowest BCUT2D eigenvalue weighted by Crippen LogP contribution is -2.47. The van der Waals surface area contributed by atoms with Crippen LogP contribution in [0.2, 0.25) is 0 Å². The molecule has 1 amide bonds. The zero-order chi connectivity index (χ0) is 17.8. The van der Waals surface area contributed by atoms with Gasteiger partial charge in [-0.1, -0.05) is 0 Å². The van der Waals surface area contributed by atoms with Crippen LogP contribution in [0.3, 0.4) is 0 Å². The molecule has 0 atom stereocenters. The fourth-order valence-corrected chi connectivity index (χ4v) is 4.58. The highest BCUT2D eigenvalue weighted by Gasteiger charge is 2.26. The van der Waals surface area contributed by atoms with Crippen molar-refractivity contribution >= 4 is 12.2 Å². The Labute approximate surface area is 155 Å². The number of carbonyl (C=O) groups excluding carboxylic acids is 1. The summed E-state index contributed by atoms with van der Waals surface area (Å²) < 4.78 is 5.82. The summed E-state index contributed by atoms with van der Waals surface area (Å²) in [5.74, 6) is 2.88. The Morgan fingerprint density at radius 1 is 1.19 bits per heavy atom. The smallest absolute Gasteiger partial charge is 0.207 e. The number of carbonyl (C=O) groups is 1. The van der Waals surface area contributed by atoms with Gasteiger partial charge in [-0.25, -0.2) is 4.98 Å². The third-order valence-electron chi connectivity index (χ3n) is 6.26. The number of aromatic nitrogens is 1. The maximum atomic E-state index is 10.5. The van der Waals surface area contributed by atoms with Crippen molar-refractivity contribution < 1.29 is 9.53 Å². The number of hydrogen-bond acceptors (Lipinski definition) is 5. The van der Waals surface area contributed by atoms with Gasteiger partial charge in [-0.2, -0.15) is 0 Å². The molecule has 0 spiro atoms. The van der Waals surface area contributed by atoms with E-state index in [0.717, 1.165) is 75.9 Å². The first-order valence-corrected chi connectivity index (χ1v) is 10.1. The molecule has 1 saturated carbocycles. The van der Waals surface area contributed by atoms with Gasteiger partial charge in [0.05, 0.1) is 6.61 Å². The van der Waals surface area contributed by atoms with E-state index < -0.39 is 0 Å². The van der Waals surface area contributed by atoms with Gasteiger partial charge in [0.15, 0.2) is 11.6 Å². The third kappa shape index (κ3) is 3.95. The SMILES string of the molecule is O=CNC1CCC(CCN2CCN(c3nccc4c3OCC4)CC2)CC1. The van der Waals surface area contributed by atoms with Crippen LogP contribution < -0.4 is 15.0 Å². The number of ether oxygens (including phenoxy) is 1. The van der Waals surface area contributed by atoms with Crippen LogP contribution in [0.15, 0.2) is 12.3 Å². The second kappa shape index (κ2) is 8.25. The van der Waals surface area contributed by atoms with Gasteiger partial charge in [-0.15, -0.1) is 0 Å². The van der Waals surface area contributed by atoms with E-state index in [9.17, 15) is 4.79 Å². The number of pyridine rings is 1. The lowest BCUT2D eigenvalue weighted by molar-refractivity contribution is -0.110. The highest BCUT2D eigenvalue weighted by atomic mass is 16.5. The summed E-state index contributed by atoms with van der Waals surface area (Å²) in [6.07, 6.45) is 9.86. The van der Waals surface area contributed by atoms with Gasteiger partial charge >= 0.3 is 0 Å². The van der Waals surface area contributed by atoms with Gasteiger partial charge in [0.1, 0.15) is 0 Å². The molecule has 3 aliphatic rings. The molecule has 1 saturated heterocycles. The summed E-state index contributed by atoms with van der Waals surface area (Å²) in [6.45, 7) is 6.26. The average Bonchev–Trinajstić information content (AvgIpc) is 3.17. The predicted octanol–water partition coefficient (Wildman–Crippen LogP) is 1.83. The van der Waals surface area contributed by atoms with E-state index in [2.05, 4.69) is 26.2 Å². The van der Waals surface area contributed by atoms with Gasteiger partial charge in [0.2, 0.25) is 6.41 Å². The van der Waals surface area contributed by atoms with Crippen molar-refractivity contribution in [3.8, 4) is 5.75 Å². The van der Waals surface area contributed by atoms with Gasteiger partial charge in [0, 0.05) is 50.4 Å². The number of fused-ring (bicyclic) bond motifs is 1. The van der Waals surface area contributed by atoms with E-state index in [1.54, 1.807) is 0 Å². The second-order valence-corrected chi connectivity index (χ2v) is 7.84. The maximum Gasteiger partial charge on any atom is 0.207 e. The van der Waals surface area contributed by atoms with Gasteiger partial charge in [-0.3, -0.25) is 9.69 Å². The topological polar surface area (TPSA) is 57.7 Å². The van der Waals surface area contributed by atoms with E-state index in [0.29, 0.717) is 6.04 Å². The first-order chi connectivity index (χ1) is 12.8. The number of rotatable bonds is 6. The minimum Gasteiger partial charge on any atom is -0.489 e. The minimum atomic E-state index is 0.412. The maximum absolute atomic E-state index is 10.5. The first-order valence-electron chi connectivity index (χ1n) is 10.1. The Bertz CT molecular complexity index is 608. The van der Waals surface area contributed by atoms with Crippen molar-refractivity contribution in [1.82, 2.24) is 15.2 Å². The molecule has 6 heteroatoms. The summed E-state index contributed by atoms with van der Waals surface area (Å²) in [7, 11) is 0. The van der Waals surface area contributed by atoms with E-state index >= 15 is 0 Å². The molecule has 0 radical (unpaired) electrons. The van der Waals surface area contributed by atoms with E-state index in [-0.39, 0.29) is 0 Å². The Kier molecular flexibility index (Phi) is 5.58. The largest absolute Gasteiger partial charge is 0.489 e. The number of amides is 1. The number of anilines is 1. The molecule has 3 heterocycles. The fourth-order valence-electron chi connectivity index (χ4n) is 4.58. The molecule has 1 aliphatic carbocycles. The quantitative estimate of drug-likeness (QED) is 0.787. The van der Waals surface area contributed by atoms with Crippen LogP contribution in [-0.2, 0) is 11.2 Å². The number of piperazine rings is 1. The van der Waals surface area contributed by atoms with Crippen LogP contribution in [0, 0.1) is 5.92 Å². The van der Waals surface area contributed by atoms with Crippen LogP contribution in [0.5, 0.6) is 5.75 Å². The molecule has 4 rings (SSSR count). The fraction of sp³-hybridized carbons (Fsp3) is 0.700. The normalized spacial score (nSPS) is 26.2. The van der Waals surface area contributed by atoms with Crippen LogP contribution in [0.1, 0.15) is 37.7 Å². The highest BCUT2D eigenvalue weighted by molar-refractivity contribution is 5.58. The van der Waals surface area contributed by atoms with Crippen molar-refractivity contribution in [2.75, 3.05) is 44.2 Å². The monoisotopic (exact) mass is 358 g/mol. The highest BCUT2D eigenvalue weighted by Crippen LogP contribution is 2.34. The molecular weight excluding hydrogens is 328 g/mol. The van der Waals surface area contributed by atoms with Crippen molar-refractivity contribution in [2.45, 2.75) is 44.6 Å². The molecule has 1 aromatic rings. The Morgan fingerprint density at radius 2 is 2.00 bits per heavy atom. The zero-order valence-corrected chi connectivity index (χ0v) is 15.5. The average molecular weight is 358 g/mol. The van der Waals surface area contributed by atoms with Crippen molar-refractivity contribution in [3.05, 3.63) is 17.8 Å². The lowest BCUT2D eigenvalue weighted by atomic mass is 9.84. The summed E-state index contributed by atoms with van der Waals surface area (Å²) in [5.41, 5.74) is 1.30. The predicted molar refractivity (Wildman–Crippen MR) is 102 cm³/mol. The van der Waals surface area contributed by atoms with E-state index in [4.69, 9.17) is 4.74 Å². The summed E-state index contributed by atoms with van der Waals surface area (Å²) >= 11 is 0. The van der Waals surface area contributed by atoms with Crippen LogP contribution in [-0.4, -0.2) is 61.7 Å². The molecule has 2 aliphatic heterocycles. The lowest BCUT2D eigenvalue weighted by Gasteiger charge is -2.37. The summed E-state index contributed by atoms with van der Waals surface area (Å²) in [5, 5.41) is 2.94. The molecule has 6 nitrogen and oxygen atoms in total. The van der Waals surface area contributed by atoms with Crippen LogP contribution in [0.25, 0.3) is 0 Å². The Hall–Kier alpha value is -1.82. The van der Waals surface area contributed by atoms with Crippen molar-refractivity contribution in [2.24, 2.45) is 5.92 Å². The van der Waals surface area contributed by atoms with Gasteiger partial charge in [0.25, 0.3) is 0 Å². The molecule has 0 unspecified atom stereocenters. The Balaban J connectivity index is 1.21. The first kappa shape index (κ1) is 17.6. The third-order valence-corrected chi connectivity index (χ3v) is 6.26. The van der Waals surface area contributed by atoms with Crippen LogP contribution in [0.4, 0.5) is 5.82 Å². The molecule has 2 fully saturated rings. The van der Waals surface area contributed by atoms with Crippen molar-refractivity contribution in [3.63, 3.8) is 0 Å². The minimum absolute atomic E-state index is 0.412. The van der Waals surface area contributed by atoms with Gasteiger partial charge in [-0.05, 0) is 50.6 Å². The summed E-state index contributed by atoms with van der Waals surface area (Å²) in [6, 6.07) is 2.50. The summed E-state index contributed by atoms with van der Waals surface area (Å²) in [4.78, 5) is 20.1. The molecule has 1 N–H and O–H groups in total. The number of nitrogens with zero attached hydrogens (tertiary/aromatic N) is 3. The molecular formula is C20H30N4O2. The van der Waals surface area contributed by atoms with E-state index in [1.807, 2.05) is 6.20 Å². The molecule has 1 aromatic heterocycles. The standard InChI is InChI=1S/C20H30N4O2/c25-15-22-18-3-1-16(2-4-18)6-9-23-10-12-24(13-11-23)20-19-17(5-8-21-20)7-14-26-19/h5,8,15-16,18H,1-4,6-7,9-14H2,(H,22,25). The zero-order valence-electron chi connectivity index (χ0n) is 15.5. The van der Waals surface area contributed by atoms with E-state index in [1.165, 1.54) is 31.4 Å². The molecule has 26 heavy (non-hydrogen) atoms. The van der Waals surface area contributed by atoms with Crippen LogP contribution >= 0.6 is 0 Å². The Morgan fingerprint density at radius 3 is 2.77 bits per heavy atom. The number of hydrogen-bond donors (Lipinski definition) is 1. The second-order valence-electron chi connectivity index (χ2n) is 7.84. The molecule has 142 valence electrons. The van der Waals surface area contributed by atoms with Gasteiger partial charge < -0.3 is 15.0 Å². The molecule has 0 aromatic carbocycles. The number of nitrogens with one attached hydrogen (secondary N) is 1. The van der Waals surface area contributed by atoms with Crippen molar-refractivity contribution in [1.29, 1.82) is 0 Å². The molecule has 0 bridgehead atoms.